The van der Waals surface area contributed by atoms with Gasteiger partial charge in [-0.05, 0) is 44.3 Å². The molecule has 206 valence electrons. The second kappa shape index (κ2) is 14.5. The largest absolute Gasteiger partial charge is 0.445 e. The molecule has 0 saturated carbocycles. The Kier molecular flexibility index (Phi) is 11.8. The molecule has 3 atom stereocenters. The number of ketones is 1. The quantitative estimate of drug-likeness (QED) is 0.341. The Morgan fingerprint density at radius 1 is 1.03 bits per heavy atom. The van der Waals surface area contributed by atoms with Gasteiger partial charge in [0.2, 0.25) is 17.9 Å². The molecule has 0 aromatic heterocycles. The number of nitrogens with zero attached hydrogens (tertiary/aromatic N) is 2. The summed E-state index contributed by atoms with van der Waals surface area (Å²) >= 11 is 0. The van der Waals surface area contributed by atoms with Crippen molar-refractivity contribution in [3.63, 3.8) is 0 Å². The lowest BCUT2D eigenvalue weighted by Crippen LogP contribution is -2.55. The zero-order valence-electron chi connectivity index (χ0n) is 22.7. The van der Waals surface area contributed by atoms with Crippen molar-refractivity contribution < 1.29 is 28.7 Å². The van der Waals surface area contributed by atoms with Gasteiger partial charge in [0.15, 0.2) is 0 Å². The highest BCUT2D eigenvalue weighted by molar-refractivity contribution is 5.95. The van der Waals surface area contributed by atoms with Gasteiger partial charge in [-0.15, -0.1) is 0 Å². The van der Waals surface area contributed by atoms with E-state index in [1.54, 1.807) is 0 Å². The van der Waals surface area contributed by atoms with E-state index in [1.807, 2.05) is 77.0 Å². The maximum Gasteiger partial charge on any atom is 0.426 e. The van der Waals surface area contributed by atoms with Crippen molar-refractivity contribution in [3.05, 3.63) is 35.9 Å². The summed E-state index contributed by atoms with van der Waals surface area (Å²) in [5.41, 5.74) is 3.62. The van der Waals surface area contributed by atoms with E-state index in [0.717, 1.165) is 5.56 Å². The van der Waals surface area contributed by atoms with Crippen molar-refractivity contribution in [3.8, 4) is 0 Å². The van der Waals surface area contributed by atoms with Crippen LogP contribution in [0.25, 0.3) is 0 Å². The molecule has 1 saturated heterocycles. The highest BCUT2D eigenvalue weighted by Crippen LogP contribution is 2.14. The first-order valence-electron chi connectivity index (χ1n) is 12.7. The van der Waals surface area contributed by atoms with Gasteiger partial charge in [0.25, 0.3) is 0 Å². The molecule has 0 spiro atoms. The molecular formula is C26H41N5O6. The second-order valence-electron chi connectivity index (χ2n) is 10.3. The van der Waals surface area contributed by atoms with Gasteiger partial charge < -0.3 is 25.0 Å². The minimum atomic E-state index is -1.20. The topological polar surface area (TPSA) is 129 Å². The molecule has 2 unspecified atom stereocenters. The third-order valence-electron chi connectivity index (χ3n) is 5.64. The summed E-state index contributed by atoms with van der Waals surface area (Å²) in [5.74, 6) is -0.800. The number of carbonyl (C=O) groups excluding carboxylic acids is 4. The molecule has 3 N–H and O–H groups in total. The van der Waals surface area contributed by atoms with E-state index in [0.29, 0.717) is 25.9 Å². The Morgan fingerprint density at radius 2 is 1.65 bits per heavy atom. The standard InChI is InChI=1S/C26H41N5O6/c1-17(2)14-20(22(32)24-29-31(26(35)37-24)13-12-30(5)6)27-23(33)21(15-18(3)4)28-25(34)36-16-19-10-8-7-9-11-19/h7-11,17-18,20-21,24,29H,12-16H2,1-6H3,(H,27,33)(H,28,34)/t20?,21-,24?/m0/s1. The lowest BCUT2D eigenvalue weighted by molar-refractivity contribution is -0.134. The first-order valence-corrected chi connectivity index (χ1v) is 12.7. The normalized spacial score (nSPS) is 17.1. The van der Waals surface area contributed by atoms with Crippen molar-refractivity contribution >= 4 is 23.9 Å². The highest BCUT2D eigenvalue weighted by atomic mass is 16.6. The Bertz CT molecular complexity index is 908. The van der Waals surface area contributed by atoms with Crippen molar-refractivity contribution in [1.82, 2.24) is 26.0 Å². The number of Topliss-reactive ketones (excluding diaryl/α,β-unsaturated/α-hetero) is 1. The van der Waals surface area contributed by atoms with Crippen LogP contribution in [0.4, 0.5) is 9.59 Å². The van der Waals surface area contributed by atoms with Gasteiger partial charge in [-0.1, -0.05) is 58.0 Å². The van der Waals surface area contributed by atoms with Gasteiger partial charge in [-0.25, -0.2) is 14.6 Å². The molecule has 37 heavy (non-hydrogen) atoms. The first kappa shape index (κ1) is 30.0. The SMILES string of the molecule is CC(C)CC(NC(=O)[C@H](CC(C)C)NC(=O)OCc1ccccc1)C(=O)C1NN(CCN(C)C)C(=O)O1. The van der Waals surface area contributed by atoms with Crippen molar-refractivity contribution in [2.24, 2.45) is 11.8 Å². The molecule has 11 nitrogen and oxygen atoms in total. The summed E-state index contributed by atoms with van der Waals surface area (Å²) in [5, 5.41) is 6.65. The predicted octanol–water partition coefficient (Wildman–Crippen LogP) is 2.27. The molecule has 0 bridgehead atoms. The van der Waals surface area contributed by atoms with E-state index in [4.69, 9.17) is 9.47 Å². The van der Waals surface area contributed by atoms with Gasteiger partial charge in [0.1, 0.15) is 12.6 Å². The number of nitrogens with one attached hydrogen (secondary N) is 3. The third kappa shape index (κ3) is 10.4. The van der Waals surface area contributed by atoms with Crippen molar-refractivity contribution in [2.75, 3.05) is 27.2 Å². The molecule has 2 rings (SSSR count). The van der Waals surface area contributed by atoms with Crippen molar-refractivity contribution in [1.29, 1.82) is 0 Å². The van der Waals surface area contributed by atoms with Gasteiger partial charge in [0.05, 0.1) is 12.6 Å². The fraction of sp³-hybridized carbons (Fsp3) is 0.615. The number of hydrogen-bond donors (Lipinski definition) is 3. The van der Waals surface area contributed by atoms with E-state index >= 15 is 0 Å². The number of benzene rings is 1. The highest BCUT2D eigenvalue weighted by Gasteiger charge is 2.40. The molecule has 1 aliphatic rings. The minimum Gasteiger partial charge on any atom is -0.445 e. The smallest absolute Gasteiger partial charge is 0.426 e. The van der Waals surface area contributed by atoms with Gasteiger partial charge in [-0.3, -0.25) is 9.59 Å². The van der Waals surface area contributed by atoms with Crippen LogP contribution in [0.15, 0.2) is 30.3 Å². The summed E-state index contributed by atoms with van der Waals surface area (Å²) in [4.78, 5) is 53.0. The summed E-state index contributed by atoms with van der Waals surface area (Å²) < 4.78 is 10.5. The van der Waals surface area contributed by atoms with E-state index in [-0.39, 0.29) is 18.4 Å². The first-order chi connectivity index (χ1) is 17.5. The van der Waals surface area contributed by atoms with Crippen LogP contribution < -0.4 is 16.1 Å². The monoisotopic (exact) mass is 519 g/mol. The average molecular weight is 520 g/mol. The Balaban J connectivity index is 2.04. The lowest BCUT2D eigenvalue weighted by Gasteiger charge is -2.26. The maximum absolute atomic E-state index is 13.3. The molecule has 1 fully saturated rings. The summed E-state index contributed by atoms with van der Waals surface area (Å²) in [7, 11) is 3.74. The molecule has 11 heteroatoms. The maximum atomic E-state index is 13.3. The molecular weight excluding hydrogens is 478 g/mol. The zero-order chi connectivity index (χ0) is 27.5. The minimum absolute atomic E-state index is 0.0696. The van der Waals surface area contributed by atoms with E-state index in [2.05, 4.69) is 16.1 Å². The number of hydrazine groups is 1. The van der Waals surface area contributed by atoms with Crippen LogP contribution in [-0.4, -0.2) is 79.3 Å². The number of amides is 3. The van der Waals surface area contributed by atoms with Crippen LogP contribution in [0.5, 0.6) is 0 Å². The Labute approximate surface area is 219 Å². The summed E-state index contributed by atoms with van der Waals surface area (Å²) in [6.07, 6.45) is -1.88. The van der Waals surface area contributed by atoms with Crippen LogP contribution in [0.2, 0.25) is 0 Å². The molecule has 1 aromatic rings. The Hall–Kier alpha value is -3.18. The summed E-state index contributed by atoms with van der Waals surface area (Å²) in [6, 6.07) is 7.40. The van der Waals surface area contributed by atoms with Crippen LogP contribution in [-0.2, 0) is 25.7 Å². The van der Waals surface area contributed by atoms with Crippen LogP contribution in [0, 0.1) is 11.8 Å². The number of ether oxygens (including phenoxy) is 2. The van der Waals surface area contributed by atoms with Gasteiger partial charge in [0, 0.05) is 6.54 Å². The van der Waals surface area contributed by atoms with Crippen LogP contribution in [0.3, 0.4) is 0 Å². The molecule has 1 heterocycles. The third-order valence-corrected chi connectivity index (χ3v) is 5.64. The molecule has 1 aromatic carbocycles. The second-order valence-corrected chi connectivity index (χ2v) is 10.3. The van der Waals surface area contributed by atoms with Crippen LogP contribution in [0.1, 0.15) is 46.1 Å². The van der Waals surface area contributed by atoms with Crippen LogP contribution >= 0.6 is 0 Å². The number of alkyl carbamates (subject to hydrolysis) is 1. The van der Waals surface area contributed by atoms with E-state index < -0.39 is 42.2 Å². The number of rotatable bonds is 14. The predicted molar refractivity (Wildman–Crippen MR) is 138 cm³/mol. The average Bonchev–Trinajstić information content (AvgIpc) is 3.20. The molecule has 0 aliphatic carbocycles. The molecule has 0 radical (unpaired) electrons. The van der Waals surface area contributed by atoms with Gasteiger partial charge in [-0.2, -0.15) is 5.43 Å². The Morgan fingerprint density at radius 3 is 2.24 bits per heavy atom. The molecule has 3 amide bonds. The lowest BCUT2D eigenvalue weighted by atomic mass is 9.97. The number of carbonyl (C=O) groups is 4. The number of likely N-dealkylation sites (N-methyl/N-ethyl adjacent to an activating group) is 1. The number of cyclic esters (lactones) is 1. The van der Waals surface area contributed by atoms with E-state index in [1.165, 1.54) is 5.01 Å². The van der Waals surface area contributed by atoms with Gasteiger partial charge >= 0.3 is 12.2 Å². The fourth-order valence-electron chi connectivity index (χ4n) is 3.75. The number of hydrogen-bond acceptors (Lipinski definition) is 8. The fourth-order valence-corrected chi connectivity index (χ4v) is 3.75. The van der Waals surface area contributed by atoms with Crippen molar-refractivity contribution in [2.45, 2.75) is 65.5 Å². The summed E-state index contributed by atoms with van der Waals surface area (Å²) in [6.45, 7) is 8.69. The van der Waals surface area contributed by atoms with E-state index in [9.17, 15) is 19.2 Å². The zero-order valence-corrected chi connectivity index (χ0v) is 22.7. The molecule has 1 aliphatic heterocycles.